The van der Waals surface area contributed by atoms with E-state index in [2.05, 4.69) is 10.5 Å². The maximum atomic E-state index is 12.1. The minimum Gasteiger partial charge on any atom is -0.423 e. The lowest BCUT2D eigenvalue weighted by molar-refractivity contribution is 0.0732. The van der Waals surface area contributed by atoms with E-state index in [4.69, 9.17) is 9.26 Å². The highest BCUT2D eigenvalue weighted by Gasteiger charge is 2.19. The first-order valence-corrected chi connectivity index (χ1v) is 8.02. The third kappa shape index (κ3) is 3.36. The van der Waals surface area contributed by atoms with Gasteiger partial charge in [0, 0.05) is 5.69 Å². The van der Waals surface area contributed by atoms with Gasteiger partial charge in [0.15, 0.2) is 0 Å². The van der Waals surface area contributed by atoms with Crippen LogP contribution in [0.15, 0.2) is 46.3 Å². The van der Waals surface area contributed by atoms with Crippen LogP contribution in [0.5, 0.6) is 5.75 Å². The number of rotatable bonds is 4. The molecule has 0 bridgehead atoms. The van der Waals surface area contributed by atoms with Crippen LogP contribution < -0.4 is 10.1 Å². The lowest BCUT2D eigenvalue weighted by Crippen LogP contribution is -2.11. The molecule has 0 spiro atoms. The van der Waals surface area contributed by atoms with Crippen molar-refractivity contribution in [2.75, 3.05) is 5.32 Å². The molecular weight excluding hydrogens is 328 g/mol. The fraction of sp³-hybridized carbons (Fsp3) is 0.118. The minimum absolute atomic E-state index is 0.175. The van der Waals surface area contributed by atoms with Crippen LogP contribution in [-0.2, 0) is 0 Å². The van der Waals surface area contributed by atoms with E-state index < -0.39 is 5.97 Å². The number of nitrogens with one attached hydrogen (secondary N) is 1. The first kappa shape index (κ1) is 15.9. The van der Waals surface area contributed by atoms with E-state index in [1.54, 1.807) is 44.2 Å². The van der Waals surface area contributed by atoms with Gasteiger partial charge in [-0.2, -0.15) is 0 Å². The average molecular weight is 342 g/mol. The van der Waals surface area contributed by atoms with Gasteiger partial charge in [0.1, 0.15) is 17.1 Å². The summed E-state index contributed by atoms with van der Waals surface area (Å²) in [5.74, 6) is 0.0820. The molecule has 7 heteroatoms. The Hall–Kier alpha value is -2.93. The molecule has 0 aliphatic rings. The predicted molar refractivity (Wildman–Crippen MR) is 89.6 cm³/mol. The molecule has 122 valence electrons. The topological polar surface area (TPSA) is 81.4 Å². The van der Waals surface area contributed by atoms with Crippen molar-refractivity contribution in [2.24, 2.45) is 0 Å². The SMILES string of the molecule is Cc1noc(C)c1C(=O)Oc1ccc(NC(=O)c2cccs2)cc1. The maximum absolute atomic E-state index is 12.1. The summed E-state index contributed by atoms with van der Waals surface area (Å²) < 4.78 is 10.3. The number of esters is 1. The standard InChI is InChI=1S/C17H14N2O4S/c1-10-15(11(2)23-19-10)17(21)22-13-7-5-12(6-8-13)18-16(20)14-4-3-9-24-14/h3-9H,1-2H3,(H,18,20). The van der Waals surface area contributed by atoms with E-state index in [9.17, 15) is 9.59 Å². The number of hydrogen-bond donors (Lipinski definition) is 1. The molecule has 0 atom stereocenters. The Morgan fingerprint density at radius 1 is 1.17 bits per heavy atom. The Morgan fingerprint density at radius 2 is 1.92 bits per heavy atom. The minimum atomic E-state index is -0.526. The van der Waals surface area contributed by atoms with Crippen LogP contribution in [0, 0.1) is 13.8 Å². The molecule has 0 fully saturated rings. The number of nitrogens with zero attached hydrogens (tertiary/aromatic N) is 1. The number of ether oxygens (including phenoxy) is 1. The van der Waals surface area contributed by atoms with Crippen LogP contribution in [-0.4, -0.2) is 17.0 Å². The largest absolute Gasteiger partial charge is 0.423 e. The molecule has 1 N–H and O–H groups in total. The van der Waals surface area contributed by atoms with Crippen molar-refractivity contribution in [1.29, 1.82) is 0 Å². The van der Waals surface area contributed by atoms with Gasteiger partial charge in [0.05, 0.1) is 10.6 Å². The van der Waals surface area contributed by atoms with Crippen LogP contribution in [0.2, 0.25) is 0 Å². The predicted octanol–water partition coefficient (Wildman–Crippen LogP) is 3.82. The Kier molecular flexibility index (Phi) is 4.43. The Balaban J connectivity index is 1.66. The fourth-order valence-electron chi connectivity index (χ4n) is 2.14. The number of amides is 1. The summed E-state index contributed by atoms with van der Waals surface area (Å²) in [6.07, 6.45) is 0. The van der Waals surface area contributed by atoms with E-state index >= 15 is 0 Å². The van der Waals surface area contributed by atoms with Gasteiger partial charge in [-0.15, -0.1) is 11.3 Å². The number of thiophene rings is 1. The first-order chi connectivity index (χ1) is 11.5. The zero-order valence-electron chi connectivity index (χ0n) is 13.0. The Labute approximate surface area is 142 Å². The normalized spacial score (nSPS) is 10.4. The molecule has 6 nitrogen and oxygen atoms in total. The second-order valence-electron chi connectivity index (χ2n) is 5.04. The van der Waals surface area contributed by atoms with Crippen molar-refractivity contribution in [1.82, 2.24) is 5.16 Å². The first-order valence-electron chi connectivity index (χ1n) is 7.14. The van der Waals surface area contributed by atoms with Crippen LogP contribution in [0.1, 0.15) is 31.5 Å². The summed E-state index contributed by atoms with van der Waals surface area (Å²) in [6.45, 7) is 3.33. The monoisotopic (exact) mass is 342 g/mol. The van der Waals surface area contributed by atoms with E-state index in [1.165, 1.54) is 11.3 Å². The van der Waals surface area contributed by atoms with Crippen molar-refractivity contribution in [3.8, 4) is 5.75 Å². The lowest BCUT2D eigenvalue weighted by atomic mass is 10.2. The number of benzene rings is 1. The van der Waals surface area contributed by atoms with Crippen molar-refractivity contribution < 1.29 is 18.8 Å². The molecule has 2 heterocycles. The van der Waals surface area contributed by atoms with Gasteiger partial charge in [0.2, 0.25) is 0 Å². The summed E-state index contributed by atoms with van der Waals surface area (Å²) in [7, 11) is 0. The summed E-state index contributed by atoms with van der Waals surface area (Å²) >= 11 is 1.37. The van der Waals surface area contributed by atoms with Gasteiger partial charge < -0.3 is 14.6 Å². The number of carbonyl (C=O) groups is 2. The Morgan fingerprint density at radius 3 is 2.50 bits per heavy atom. The van der Waals surface area contributed by atoms with Gasteiger partial charge in [-0.05, 0) is 49.6 Å². The summed E-state index contributed by atoms with van der Waals surface area (Å²) in [6, 6.07) is 10.1. The number of aromatic nitrogens is 1. The third-order valence-electron chi connectivity index (χ3n) is 3.31. The zero-order chi connectivity index (χ0) is 17.1. The molecule has 0 radical (unpaired) electrons. The lowest BCUT2D eigenvalue weighted by Gasteiger charge is -2.06. The number of carbonyl (C=O) groups excluding carboxylic acids is 2. The van der Waals surface area contributed by atoms with Crippen LogP contribution in [0.4, 0.5) is 5.69 Å². The molecule has 2 aromatic heterocycles. The zero-order valence-corrected chi connectivity index (χ0v) is 13.8. The van der Waals surface area contributed by atoms with Gasteiger partial charge in [-0.25, -0.2) is 4.79 Å². The van der Waals surface area contributed by atoms with E-state index in [1.807, 2.05) is 11.4 Å². The summed E-state index contributed by atoms with van der Waals surface area (Å²) in [4.78, 5) is 24.7. The molecule has 0 saturated carbocycles. The molecule has 3 rings (SSSR count). The van der Waals surface area contributed by atoms with Crippen molar-refractivity contribution >= 4 is 28.9 Å². The molecule has 1 aromatic carbocycles. The summed E-state index contributed by atoms with van der Waals surface area (Å²) in [5, 5.41) is 8.34. The maximum Gasteiger partial charge on any atom is 0.349 e. The molecule has 0 saturated heterocycles. The Bertz CT molecular complexity index is 847. The van der Waals surface area contributed by atoms with Crippen LogP contribution >= 0.6 is 11.3 Å². The van der Waals surface area contributed by atoms with E-state index in [-0.39, 0.29) is 5.91 Å². The second kappa shape index (κ2) is 6.67. The van der Waals surface area contributed by atoms with Gasteiger partial charge in [0.25, 0.3) is 5.91 Å². The molecule has 24 heavy (non-hydrogen) atoms. The van der Waals surface area contributed by atoms with E-state index in [0.717, 1.165) is 0 Å². The van der Waals surface area contributed by atoms with Crippen molar-refractivity contribution in [3.63, 3.8) is 0 Å². The molecule has 0 unspecified atom stereocenters. The van der Waals surface area contributed by atoms with Gasteiger partial charge >= 0.3 is 5.97 Å². The second-order valence-corrected chi connectivity index (χ2v) is 5.99. The van der Waals surface area contributed by atoms with Crippen LogP contribution in [0.3, 0.4) is 0 Å². The number of hydrogen-bond acceptors (Lipinski definition) is 6. The molecule has 0 aliphatic carbocycles. The molecular formula is C17H14N2O4S. The highest BCUT2D eigenvalue weighted by molar-refractivity contribution is 7.12. The number of anilines is 1. The quantitative estimate of drug-likeness (QED) is 0.576. The van der Waals surface area contributed by atoms with Crippen molar-refractivity contribution in [3.05, 3.63) is 63.7 Å². The third-order valence-corrected chi connectivity index (χ3v) is 4.17. The van der Waals surface area contributed by atoms with Gasteiger partial charge in [-0.3, -0.25) is 4.79 Å². The highest BCUT2D eigenvalue weighted by Crippen LogP contribution is 2.20. The molecule has 0 aliphatic heterocycles. The fourth-order valence-corrected chi connectivity index (χ4v) is 2.76. The average Bonchev–Trinajstić information content (AvgIpc) is 3.19. The van der Waals surface area contributed by atoms with Crippen molar-refractivity contribution in [2.45, 2.75) is 13.8 Å². The smallest absolute Gasteiger partial charge is 0.349 e. The molecule has 3 aromatic rings. The molecule has 1 amide bonds. The van der Waals surface area contributed by atoms with Crippen LogP contribution in [0.25, 0.3) is 0 Å². The summed E-state index contributed by atoms with van der Waals surface area (Å²) in [5.41, 5.74) is 1.42. The number of aryl methyl sites for hydroxylation is 2. The van der Waals surface area contributed by atoms with E-state index in [0.29, 0.717) is 33.3 Å². The van der Waals surface area contributed by atoms with Gasteiger partial charge in [-0.1, -0.05) is 11.2 Å². The highest BCUT2D eigenvalue weighted by atomic mass is 32.1.